The van der Waals surface area contributed by atoms with Gasteiger partial charge in [0, 0.05) is 12.6 Å². The smallest absolute Gasteiger partial charge is 0.233 e. The minimum absolute atomic E-state index is 0.0714. The first-order valence-electron chi connectivity index (χ1n) is 4.46. The van der Waals surface area contributed by atoms with Crippen molar-refractivity contribution in [2.75, 3.05) is 13.1 Å². The lowest BCUT2D eigenvalue weighted by atomic mass is 10.1. The van der Waals surface area contributed by atoms with Crippen molar-refractivity contribution in [2.24, 2.45) is 17.4 Å². The third kappa shape index (κ3) is 2.46. The van der Waals surface area contributed by atoms with Crippen LogP contribution >= 0.6 is 0 Å². The first-order valence-corrected chi connectivity index (χ1v) is 4.46. The van der Waals surface area contributed by atoms with Crippen molar-refractivity contribution in [2.45, 2.75) is 25.3 Å². The van der Waals surface area contributed by atoms with Crippen LogP contribution in [0, 0.1) is 5.92 Å². The number of hydrogen-bond acceptors (Lipinski definition) is 3. The third-order valence-corrected chi connectivity index (χ3v) is 2.46. The highest BCUT2D eigenvalue weighted by Crippen LogP contribution is 2.22. The Morgan fingerprint density at radius 1 is 1.50 bits per heavy atom. The molecule has 0 saturated heterocycles. The molecule has 1 amide bonds. The van der Waals surface area contributed by atoms with Crippen molar-refractivity contribution < 1.29 is 4.79 Å². The van der Waals surface area contributed by atoms with Gasteiger partial charge in [-0.25, -0.2) is 0 Å². The molecule has 2 atom stereocenters. The van der Waals surface area contributed by atoms with Crippen LogP contribution in [-0.4, -0.2) is 25.0 Å². The molecule has 1 saturated carbocycles. The van der Waals surface area contributed by atoms with Crippen LogP contribution in [0.4, 0.5) is 0 Å². The Kier molecular flexibility index (Phi) is 3.49. The van der Waals surface area contributed by atoms with E-state index < -0.39 is 0 Å². The van der Waals surface area contributed by atoms with Gasteiger partial charge < -0.3 is 16.8 Å². The predicted octanol–water partition coefficient (Wildman–Crippen LogP) is -0.811. The zero-order valence-corrected chi connectivity index (χ0v) is 7.25. The molecule has 2 unspecified atom stereocenters. The maximum atomic E-state index is 10.8. The molecule has 0 bridgehead atoms. The van der Waals surface area contributed by atoms with E-state index in [1.165, 1.54) is 6.42 Å². The molecular weight excluding hydrogens is 154 g/mol. The van der Waals surface area contributed by atoms with Crippen LogP contribution in [0.3, 0.4) is 0 Å². The summed E-state index contributed by atoms with van der Waals surface area (Å²) < 4.78 is 0. The lowest BCUT2D eigenvalue weighted by molar-refractivity contribution is -0.119. The standard InChI is InChI=1S/C8H17N3O/c9-4-8(12)11-5-6-2-1-3-7(6)10/h6-7H,1-5,9-10H2,(H,11,12). The number of carbonyl (C=O) groups excluding carboxylic acids is 1. The van der Waals surface area contributed by atoms with Crippen LogP contribution in [0.2, 0.25) is 0 Å². The molecule has 0 aromatic rings. The molecule has 0 radical (unpaired) electrons. The maximum Gasteiger partial charge on any atom is 0.233 e. The van der Waals surface area contributed by atoms with E-state index in [0.717, 1.165) is 12.8 Å². The molecule has 70 valence electrons. The van der Waals surface area contributed by atoms with Gasteiger partial charge in [0.2, 0.25) is 5.91 Å². The molecule has 0 spiro atoms. The van der Waals surface area contributed by atoms with Gasteiger partial charge in [-0.05, 0) is 18.8 Å². The summed E-state index contributed by atoms with van der Waals surface area (Å²) in [4.78, 5) is 10.8. The summed E-state index contributed by atoms with van der Waals surface area (Å²) in [7, 11) is 0. The summed E-state index contributed by atoms with van der Waals surface area (Å²) in [5, 5.41) is 2.76. The fourth-order valence-corrected chi connectivity index (χ4v) is 1.64. The predicted molar refractivity (Wildman–Crippen MR) is 47.4 cm³/mol. The molecule has 0 aromatic heterocycles. The minimum atomic E-state index is -0.0888. The van der Waals surface area contributed by atoms with Gasteiger partial charge >= 0.3 is 0 Å². The highest BCUT2D eigenvalue weighted by molar-refractivity contribution is 5.77. The second-order valence-corrected chi connectivity index (χ2v) is 3.36. The van der Waals surface area contributed by atoms with Gasteiger partial charge in [0.15, 0.2) is 0 Å². The lowest BCUT2D eigenvalue weighted by Gasteiger charge is -2.15. The molecule has 12 heavy (non-hydrogen) atoms. The summed E-state index contributed by atoms with van der Waals surface area (Å²) >= 11 is 0. The van der Waals surface area contributed by atoms with E-state index in [-0.39, 0.29) is 18.5 Å². The van der Waals surface area contributed by atoms with Crippen LogP contribution in [0.15, 0.2) is 0 Å². The zero-order valence-electron chi connectivity index (χ0n) is 7.25. The maximum absolute atomic E-state index is 10.8. The van der Waals surface area contributed by atoms with Gasteiger partial charge in [-0.1, -0.05) is 6.42 Å². The van der Waals surface area contributed by atoms with Gasteiger partial charge in [-0.3, -0.25) is 4.79 Å². The van der Waals surface area contributed by atoms with Gasteiger partial charge in [0.05, 0.1) is 6.54 Å². The van der Waals surface area contributed by atoms with E-state index in [1.807, 2.05) is 0 Å². The molecule has 1 fully saturated rings. The summed E-state index contributed by atoms with van der Waals surface area (Å²) in [6.45, 7) is 0.763. The molecule has 1 aliphatic rings. The molecule has 0 heterocycles. The number of nitrogens with one attached hydrogen (secondary N) is 1. The SMILES string of the molecule is NCC(=O)NCC1CCCC1N. The monoisotopic (exact) mass is 171 g/mol. The Morgan fingerprint density at radius 3 is 2.75 bits per heavy atom. The summed E-state index contributed by atoms with van der Waals surface area (Å²) in [6, 6.07) is 0.267. The molecular formula is C8H17N3O. The number of nitrogens with two attached hydrogens (primary N) is 2. The Labute approximate surface area is 72.7 Å². The lowest BCUT2D eigenvalue weighted by Crippen LogP contribution is -2.38. The Hall–Kier alpha value is -0.610. The zero-order chi connectivity index (χ0) is 8.97. The second-order valence-electron chi connectivity index (χ2n) is 3.36. The van der Waals surface area contributed by atoms with E-state index in [0.29, 0.717) is 12.5 Å². The highest BCUT2D eigenvalue weighted by Gasteiger charge is 2.23. The fourth-order valence-electron chi connectivity index (χ4n) is 1.64. The van der Waals surface area contributed by atoms with Crippen LogP contribution in [-0.2, 0) is 4.79 Å². The topological polar surface area (TPSA) is 81.1 Å². The molecule has 1 rings (SSSR count). The van der Waals surface area contributed by atoms with E-state index in [2.05, 4.69) is 5.32 Å². The average molecular weight is 171 g/mol. The fraction of sp³-hybridized carbons (Fsp3) is 0.875. The van der Waals surface area contributed by atoms with E-state index in [1.54, 1.807) is 0 Å². The largest absolute Gasteiger partial charge is 0.355 e. The number of hydrogen-bond donors (Lipinski definition) is 3. The van der Waals surface area contributed by atoms with Crippen LogP contribution < -0.4 is 16.8 Å². The molecule has 0 aliphatic heterocycles. The van der Waals surface area contributed by atoms with Gasteiger partial charge in [-0.2, -0.15) is 0 Å². The van der Waals surface area contributed by atoms with Crippen molar-refractivity contribution in [3.05, 3.63) is 0 Å². The molecule has 4 heteroatoms. The van der Waals surface area contributed by atoms with Crippen molar-refractivity contribution in [3.8, 4) is 0 Å². The Morgan fingerprint density at radius 2 is 2.25 bits per heavy atom. The highest BCUT2D eigenvalue weighted by atomic mass is 16.1. The molecule has 0 aromatic carbocycles. The third-order valence-electron chi connectivity index (χ3n) is 2.46. The van der Waals surface area contributed by atoms with E-state index in [4.69, 9.17) is 11.5 Å². The Balaban J connectivity index is 2.18. The van der Waals surface area contributed by atoms with Crippen molar-refractivity contribution in [1.29, 1.82) is 0 Å². The van der Waals surface area contributed by atoms with Gasteiger partial charge in [-0.15, -0.1) is 0 Å². The minimum Gasteiger partial charge on any atom is -0.355 e. The number of amides is 1. The van der Waals surface area contributed by atoms with Gasteiger partial charge in [0.25, 0.3) is 0 Å². The normalized spacial score (nSPS) is 28.8. The molecule has 1 aliphatic carbocycles. The van der Waals surface area contributed by atoms with E-state index in [9.17, 15) is 4.79 Å². The first kappa shape index (κ1) is 9.48. The average Bonchev–Trinajstić information content (AvgIpc) is 2.47. The van der Waals surface area contributed by atoms with Crippen LogP contribution in [0.25, 0.3) is 0 Å². The van der Waals surface area contributed by atoms with Crippen LogP contribution in [0.1, 0.15) is 19.3 Å². The molecule has 4 nitrogen and oxygen atoms in total. The van der Waals surface area contributed by atoms with Crippen molar-refractivity contribution in [3.63, 3.8) is 0 Å². The summed E-state index contributed by atoms with van der Waals surface area (Å²) in [5.41, 5.74) is 11.0. The summed E-state index contributed by atoms with van der Waals surface area (Å²) in [5.74, 6) is 0.370. The quantitative estimate of drug-likeness (QED) is 0.519. The number of rotatable bonds is 3. The second kappa shape index (κ2) is 4.42. The van der Waals surface area contributed by atoms with E-state index >= 15 is 0 Å². The number of carbonyl (C=O) groups is 1. The first-order chi connectivity index (χ1) is 5.74. The summed E-state index contributed by atoms with van der Waals surface area (Å²) in [6.07, 6.45) is 3.40. The molecule has 5 N–H and O–H groups in total. The Bertz CT molecular complexity index is 160. The van der Waals surface area contributed by atoms with Crippen LogP contribution in [0.5, 0.6) is 0 Å². The van der Waals surface area contributed by atoms with Crippen molar-refractivity contribution in [1.82, 2.24) is 5.32 Å². The van der Waals surface area contributed by atoms with Gasteiger partial charge in [0.1, 0.15) is 0 Å². The van der Waals surface area contributed by atoms with Crippen molar-refractivity contribution >= 4 is 5.91 Å².